The van der Waals surface area contributed by atoms with Crippen LogP contribution >= 0.6 is 0 Å². The second-order valence-corrected chi connectivity index (χ2v) is 6.39. The fourth-order valence-electron chi connectivity index (χ4n) is 2.61. The van der Waals surface area contributed by atoms with Crippen molar-refractivity contribution in [2.24, 2.45) is 5.92 Å². The predicted molar refractivity (Wildman–Crippen MR) is 84.3 cm³/mol. The van der Waals surface area contributed by atoms with Crippen LogP contribution in [-0.2, 0) is 0 Å². The highest BCUT2D eigenvalue weighted by Gasteiger charge is 2.18. The Morgan fingerprint density at radius 2 is 1.83 bits per heavy atom. The number of nitrogens with zero attached hydrogens (tertiary/aromatic N) is 1. The molecule has 1 aliphatic heterocycles. The molecule has 112 valence electrons. The van der Waals surface area contributed by atoms with Crippen LogP contribution in [0.2, 0.25) is 0 Å². The van der Waals surface area contributed by atoms with Gasteiger partial charge in [-0.3, -0.25) is 0 Å². The largest absolute Gasteiger partial charge is 0.316 e. The third-order valence-corrected chi connectivity index (χ3v) is 3.54. The van der Waals surface area contributed by atoms with Crippen molar-refractivity contribution >= 4 is 0 Å². The first-order valence-electron chi connectivity index (χ1n) is 7.77. The van der Waals surface area contributed by atoms with E-state index in [2.05, 4.69) is 43.2 Å². The van der Waals surface area contributed by atoms with Crippen LogP contribution in [0.25, 0.3) is 0 Å². The number of nitrogens with one attached hydrogen (secondary N) is 2. The van der Waals surface area contributed by atoms with Gasteiger partial charge in [0, 0.05) is 14.9 Å². The molecule has 0 aromatic rings. The predicted octanol–water partition coefficient (Wildman–Crippen LogP) is 2.58. The molecule has 0 amide bonds. The van der Waals surface area contributed by atoms with Crippen LogP contribution in [0.5, 0.6) is 0 Å². The van der Waals surface area contributed by atoms with Gasteiger partial charge in [0.15, 0.2) is 0 Å². The van der Waals surface area contributed by atoms with Crippen molar-refractivity contribution in [2.45, 2.75) is 59.0 Å². The van der Waals surface area contributed by atoms with Gasteiger partial charge in [-0.2, -0.15) is 0 Å². The average molecular weight is 259 g/mol. The topological polar surface area (TPSA) is 27.3 Å². The molecule has 0 unspecified atom stereocenters. The fourth-order valence-corrected chi connectivity index (χ4v) is 2.61. The van der Waals surface area contributed by atoms with Crippen LogP contribution in [0.4, 0.5) is 0 Å². The molecule has 0 aromatic heterocycles. The summed E-state index contributed by atoms with van der Waals surface area (Å²) in [6, 6.07) is 1.38. The van der Waals surface area contributed by atoms with E-state index >= 15 is 0 Å². The molecule has 0 atom stereocenters. The van der Waals surface area contributed by atoms with Gasteiger partial charge in [0.2, 0.25) is 0 Å². The fraction of sp³-hybridized carbons (Fsp3) is 1.00. The molecule has 2 N–H and O–H groups in total. The highest BCUT2D eigenvalue weighted by atomic mass is 15.1. The molecule has 0 aromatic carbocycles. The van der Waals surface area contributed by atoms with Crippen LogP contribution in [0, 0.1) is 5.92 Å². The lowest BCUT2D eigenvalue weighted by atomic mass is 10.0. The maximum atomic E-state index is 3.65. The van der Waals surface area contributed by atoms with E-state index in [1.165, 1.54) is 45.4 Å². The minimum Gasteiger partial charge on any atom is -0.316 e. The van der Waals surface area contributed by atoms with Gasteiger partial charge in [0.25, 0.3) is 0 Å². The monoisotopic (exact) mass is 259 g/mol. The lowest BCUT2D eigenvalue weighted by Gasteiger charge is -2.33. The second-order valence-electron chi connectivity index (χ2n) is 6.39. The lowest BCUT2D eigenvalue weighted by Crippen LogP contribution is -2.45. The molecule has 1 rings (SSSR count). The van der Waals surface area contributed by atoms with Crippen molar-refractivity contribution in [1.29, 1.82) is 0 Å². The summed E-state index contributed by atoms with van der Waals surface area (Å²) in [5.41, 5.74) is 0. The second kappa shape index (κ2) is 8.89. The van der Waals surface area contributed by atoms with Crippen molar-refractivity contribution in [3.8, 4) is 0 Å². The van der Waals surface area contributed by atoms with Crippen LogP contribution < -0.4 is 10.6 Å². The van der Waals surface area contributed by atoms with Gasteiger partial charge in [-0.15, -0.1) is 0 Å². The molecular formula is C15H37N3. The Balaban J connectivity index is 0. The van der Waals surface area contributed by atoms with E-state index in [0.717, 1.165) is 18.5 Å². The standard InChI is InChI=1S/C15H33N3.2H2/c1-13(2)12-16-8-5-9-18-10-6-15(7-11-18)17-14(3)4;;/h13-17H,5-12H2,1-4H3;2*1H. The van der Waals surface area contributed by atoms with E-state index in [1.54, 1.807) is 0 Å². The molecule has 0 saturated carbocycles. The summed E-state index contributed by atoms with van der Waals surface area (Å²) in [6.07, 6.45) is 3.92. The zero-order valence-corrected chi connectivity index (χ0v) is 12.8. The minimum atomic E-state index is 0. The Labute approximate surface area is 117 Å². The van der Waals surface area contributed by atoms with E-state index in [9.17, 15) is 0 Å². The zero-order valence-electron chi connectivity index (χ0n) is 12.8. The van der Waals surface area contributed by atoms with Crippen LogP contribution in [-0.4, -0.2) is 49.7 Å². The summed E-state index contributed by atoms with van der Waals surface area (Å²) in [6.45, 7) is 15.1. The molecule has 1 heterocycles. The normalized spacial score (nSPS) is 19.0. The molecule has 1 fully saturated rings. The van der Waals surface area contributed by atoms with Crippen molar-refractivity contribution in [2.75, 3.05) is 32.7 Å². The number of likely N-dealkylation sites (tertiary alicyclic amines) is 1. The maximum Gasteiger partial charge on any atom is 0.00937 e. The summed E-state index contributed by atoms with van der Waals surface area (Å²) >= 11 is 0. The van der Waals surface area contributed by atoms with Gasteiger partial charge in [-0.25, -0.2) is 0 Å². The summed E-state index contributed by atoms with van der Waals surface area (Å²) in [4.78, 5) is 2.62. The molecular weight excluding hydrogens is 222 g/mol. The third kappa shape index (κ3) is 7.34. The minimum absolute atomic E-state index is 0. The smallest absolute Gasteiger partial charge is 0.00937 e. The molecule has 0 spiro atoms. The van der Waals surface area contributed by atoms with Gasteiger partial charge >= 0.3 is 0 Å². The molecule has 18 heavy (non-hydrogen) atoms. The average Bonchev–Trinajstić information content (AvgIpc) is 2.30. The van der Waals surface area contributed by atoms with Gasteiger partial charge < -0.3 is 15.5 Å². The molecule has 1 saturated heterocycles. The van der Waals surface area contributed by atoms with Crippen LogP contribution in [0.1, 0.15) is 49.8 Å². The Morgan fingerprint density at radius 3 is 2.39 bits per heavy atom. The Bertz CT molecular complexity index is 205. The van der Waals surface area contributed by atoms with E-state index in [4.69, 9.17) is 0 Å². The summed E-state index contributed by atoms with van der Waals surface area (Å²) < 4.78 is 0. The summed E-state index contributed by atoms with van der Waals surface area (Å²) in [5.74, 6) is 0.767. The van der Waals surface area contributed by atoms with E-state index in [1.807, 2.05) is 0 Å². The molecule has 3 nitrogen and oxygen atoms in total. The van der Waals surface area contributed by atoms with Crippen molar-refractivity contribution in [3.63, 3.8) is 0 Å². The van der Waals surface area contributed by atoms with Crippen molar-refractivity contribution in [1.82, 2.24) is 15.5 Å². The van der Waals surface area contributed by atoms with E-state index < -0.39 is 0 Å². The van der Waals surface area contributed by atoms with Gasteiger partial charge in [-0.05, 0) is 57.9 Å². The Morgan fingerprint density at radius 1 is 1.17 bits per heavy atom. The van der Waals surface area contributed by atoms with Gasteiger partial charge in [0.1, 0.15) is 0 Å². The number of piperidine rings is 1. The highest BCUT2D eigenvalue weighted by molar-refractivity contribution is 4.78. The highest BCUT2D eigenvalue weighted by Crippen LogP contribution is 2.11. The third-order valence-electron chi connectivity index (χ3n) is 3.54. The number of hydrogen-bond donors (Lipinski definition) is 2. The van der Waals surface area contributed by atoms with Gasteiger partial charge in [0.05, 0.1) is 0 Å². The van der Waals surface area contributed by atoms with Crippen LogP contribution in [0.15, 0.2) is 0 Å². The Kier molecular flexibility index (Phi) is 7.87. The maximum absolute atomic E-state index is 3.65. The SMILES string of the molecule is CC(C)CNCCCN1CCC(NC(C)C)CC1.[HH].[HH]. The molecule has 3 heteroatoms. The quantitative estimate of drug-likeness (QED) is 0.656. The first-order chi connectivity index (χ1) is 8.58. The number of rotatable bonds is 8. The molecule has 1 aliphatic rings. The number of hydrogen-bond acceptors (Lipinski definition) is 3. The summed E-state index contributed by atoms with van der Waals surface area (Å²) in [7, 11) is 0. The Hall–Kier alpha value is -0.120. The molecule has 0 bridgehead atoms. The van der Waals surface area contributed by atoms with Crippen molar-refractivity contribution < 1.29 is 2.85 Å². The summed E-state index contributed by atoms with van der Waals surface area (Å²) in [5, 5.41) is 7.17. The molecule has 0 radical (unpaired) electrons. The van der Waals surface area contributed by atoms with E-state index in [0.29, 0.717) is 6.04 Å². The zero-order chi connectivity index (χ0) is 13.4. The van der Waals surface area contributed by atoms with Gasteiger partial charge in [-0.1, -0.05) is 27.7 Å². The molecule has 0 aliphatic carbocycles. The first-order valence-corrected chi connectivity index (χ1v) is 7.77. The lowest BCUT2D eigenvalue weighted by molar-refractivity contribution is 0.191. The first kappa shape index (κ1) is 15.9. The van der Waals surface area contributed by atoms with Crippen molar-refractivity contribution in [3.05, 3.63) is 0 Å². The van der Waals surface area contributed by atoms with E-state index in [-0.39, 0.29) is 2.85 Å². The van der Waals surface area contributed by atoms with Crippen LogP contribution in [0.3, 0.4) is 0 Å².